The summed E-state index contributed by atoms with van der Waals surface area (Å²) in [6.07, 6.45) is 1.51. The Morgan fingerprint density at radius 1 is 1.10 bits per heavy atom. The van der Waals surface area contributed by atoms with E-state index in [9.17, 15) is 19.2 Å². The maximum absolute atomic E-state index is 12.9. The molecule has 7 nitrogen and oxygen atoms in total. The van der Waals surface area contributed by atoms with Crippen molar-refractivity contribution >= 4 is 23.5 Å². The van der Waals surface area contributed by atoms with E-state index in [1.807, 2.05) is 40.7 Å². The Morgan fingerprint density at radius 2 is 1.73 bits per heavy atom. The molecule has 1 fully saturated rings. The van der Waals surface area contributed by atoms with Gasteiger partial charge in [-0.3, -0.25) is 19.2 Å². The summed E-state index contributed by atoms with van der Waals surface area (Å²) in [4.78, 5) is 52.5. The van der Waals surface area contributed by atoms with Crippen LogP contribution in [0.1, 0.15) is 64.2 Å². The number of carbonyl (C=O) groups is 4. The summed E-state index contributed by atoms with van der Waals surface area (Å²) in [5, 5.41) is 5.47. The molecule has 164 valence electrons. The van der Waals surface area contributed by atoms with Gasteiger partial charge in [-0.15, -0.1) is 0 Å². The molecular weight excluding hydrogens is 382 g/mol. The molecule has 0 unspecified atom stereocenters. The van der Waals surface area contributed by atoms with Crippen LogP contribution in [0.2, 0.25) is 0 Å². The Morgan fingerprint density at radius 3 is 2.30 bits per heavy atom. The predicted molar refractivity (Wildman–Crippen MR) is 115 cm³/mol. The first-order chi connectivity index (χ1) is 14.0. The molecule has 1 aliphatic rings. The summed E-state index contributed by atoms with van der Waals surface area (Å²) in [6.45, 7) is 9.89. The molecule has 0 saturated carbocycles. The maximum Gasteiger partial charge on any atom is 0.290 e. The van der Waals surface area contributed by atoms with E-state index in [4.69, 9.17) is 0 Å². The van der Waals surface area contributed by atoms with Crippen LogP contribution in [0, 0.1) is 5.92 Å². The fourth-order valence-corrected chi connectivity index (χ4v) is 3.57. The minimum absolute atomic E-state index is 0.152. The molecule has 1 heterocycles. The molecule has 0 aliphatic carbocycles. The van der Waals surface area contributed by atoms with E-state index in [1.54, 1.807) is 24.3 Å². The van der Waals surface area contributed by atoms with Crippen molar-refractivity contribution < 1.29 is 19.2 Å². The van der Waals surface area contributed by atoms with Crippen LogP contribution >= 0.6 is 0 Å². The summed E-state index contributed by atoms with van der Waals surface area (Å²) < 4.78 is 0. The molecule has 0 aromatic heterocycles. The van der Waals surface area contributed by atoms with E-state index < -0.39 is 29.3 Å². The molecule has 7 heteroatoms. The van der Waals surface area contributed by atoms with E-state index in [0.717, 1.165) is 0 Å². The highest BCUT2D eigenvalue weighted by atomic mass is 16.2. The lowest BCUT2D eigenvalue weighted by Crippen LogP contribution is -2.55. The highest BCUT2D eigenvalue weighted by Crippen LogP contribution is 2.21. The zero-order valence-electron chi connectivity index (χ0n) is 18.5. The summed E-state index contributed by atoms with van der Waals surface area (Å²) in [5.41, 5.74) is 0.0330. The molecule has 1 saturated heterocycles. The number of nitrogens with one attached hydrogen (secondary N) is 2. The van der Waals surface area contributed by atoms with Crippen molar-refractivity contribution in [3.63, 3.8) is 0 Å². The van der Waals surface area contributed by atoms with E-state index in [2.05, 4.69) is 10.6 Å². The molecule has 0 radical (unpaired) electrons. The van der Waals surface area contributed by atoms with Crippen LogP contribution in [0.3, 0.4) is 0 Å². The van der Waals surface area contributed by atoms with Gasteiger partial charge in [0.15, 0.2) is 0 Å². The number of rotatable bonds is 7. The second-order valence-electron chi connectivity index (χ2n) is 9.28. The molecule has 0 bridgehead atoms. The van der Waals surface area contributed by atoms with Gasteiger partial charge in [0.1, 0.15) is 12.1 Å². The Kier molecular flexibility index (Phi) is 7.76. The number of ketones is 1. The molecule has 1 aromatic rings. The van der Waals surface area contributed by atoms with Crippen LogP contribution in [-0.4, -0.2) is 52.6 Å². The summed E-state index contributed by atoms with van der Waals surface area (Å²) >= 11 is 0. The molecule has 3 amide bonds. The van der Waals surface area contributed by atoms with E-state index in [-0.39, 0.29) is 17.7 Å². The minimum atomic E-state index is -0.817. The summed E-state index contributed by atoms with van der Waals surface area (Å²) in [6, 6.07) is 7.11. The molecule has 2 N–H and O–H groups in total. The van der Waals surface area contributed by atoms with Crippen molar-refractivity contribution in [1.82, 2.24) is 15.5 Å². The molecular formula is C23H33N3O4. The van der Waals surface area contributed by atoms with Gasteiger partial charge in [0.2, 0.25) is 11.7 Å². The first kappa shape index (κ1) is 23.6. The molecule has 2 rings (SSSR count). The van der Waals surface area contributed by atoms with E-state index in [0.29, 0.717) is 31.4 Å². The van der Waals surface area contributed by atoms with Crippen LogP contribution in [0.25, 0.3) is 0 Å². The van der Waals surface area contributed by atoms with Crippen molar-refractivity contribution in [2.24, 2.45) is 5.92 Å². The third-order valence-electron chi connectivity index (χ3n) is 4.89. The maximum atomic E-state index is 12.9. The molecule has 2 atom stereocenters. The number of hydrogen-bond donors (Lipinski definition) is 2. The predicted octanol–water partition coefficient (Wildman–Crippen LogP) is 2.31. The third kappa shape index (κ3) is 6.40. The zero-order valence-corrected chi connectivity index (χ0v) is 18.5. The van der Waals surface area contributed by atoms with Gasteiger partial charge in [0, 0.05) is 17.6 Å². The fraction of sp³-hybridized carbons (Fsp3) is 0.565. The quantitative estimate of drug-likeness (QED) is 0.668. The van der Waals surface area contributed by atoms with Crippen LogP contribution in [0.4, 0.5) is 0 Å². The van der Waals surface area contributed by atoms with Gasteiger partial charge < -0.3 is 15.5 Å². The topological polar surface area (TPSA) is 95.6 Å². The minimum Gasteiger partial charge on any atom is -0.350 e. The van der Waals surface area contributed by atoms with Gasteiger partial charge >= 0.3 is 0 Å². The highest BCUT2D eigenvalue weighted by Gasteiger charge is 2.38. The summed E-state index contributed by atoms with van der Waals surface area (Å²) in [5.74, 6) is -1.92. The normalized spacial score (nSPS) is 17.5. The van der Waals surface area contributed by atoms with E-state index >= 15 is 0 Å². The SMILES string of the molecule is CC(C)C[C@@H](NC(=O)C(=O)[C@@H]1CCCN1C(=O)c1ccccc1)C(=O)NC(C)(C)C. The lowest BCUT2D eigenvalue weighted by molar-refractivity contribution is -0.141. The molecule has 1 aliphatic heterocycles. The first-order valence-electron chi connectivity index (χ1n) is 10.5. The monoisotopic (exact) mass is 415 g/mol. The van der Waals surface area contributed by atoms with Crippen molar-refractivity contribution in [3.05, 3.63) is 35.9 Å². The van der Waals surface area contributed by atoms with Gasteiger partial charge in [-0.25, -0.2) is 0 Å². The Hall–Kier alpha value is -2.70. The number of Topliss-reactive ketones (excluding diaryl/α,β-unsaturated/α-hetero) is 1. The van der Waals surface area contributed by atoms with Gasteiger partial charge in [0.05, 0.1) is 0 Å². The smallest absolute Gasteiger partial charge is 0.290 e. The molecule has 0 spiro atoms. The van der Waals surface area contributed by atoms with Gasteiger partial charge in [0.25, 0.3) is 11.8 Å². The average Bonchev–Trinajstić information content (AvgIpc) is 3.14. The van der Waals surface area contributed by atoms with Crippen LogP contribution in [0.15, 0.2) is 30.3 Å². The molecule has 30 heavy (non-hydrogen) atoms. The van der Waals surface area contributed by atoms with Crippen molar-refractivity contribution in [3.8, 4) is 0 Å². The second kappa shape index (κ2) is 9.87. The van der Waals surface area contributed by atoms with Crippen LogP contribution < -0.4 is 10.6 Å². The van der Waals surface area contributed by atoms with Gasteiger partial charge in [-0.2, -0.15) is 0 Å². The van der Waals surface area contributed by atoms with Crippen molar-refractivity contribution in [2.45, 2.75) is 71.5 Å². The Bertz CT molecular complexity index is 783. The van der Waals surface area contributed by atoms with Gasteiger partial charge in [-0.05, 0) is 58.1 Å². The van der Waals surface area contributed by atoms with Gasteiger partial charge in [-0.1, -0.05) is 32.0 Å². The fourth-order valence-electron chi connectivity index (χ4n) is 3.57. The zero-order chi connectivity index (χ0) is 22.5. The lowest BCUT2D eigenvalue weighted by Gasteiger charge is -2.27. The van der Waals surface area contributed by atoms with Crippen molar-refractivity contribution in [2.75, 3.05) is 6.54 Å². The second-order valence-corrected chi connectivity index (χ2v) is 9.28. The van der Waals surface area contributed by atoms with E-state index in [1.165, 1.54) is 4.90 Å². The number of hydrogen-bond acceptors (Lipinski definition) is 4. The number of likely N-dealkylation sites (tertiary alicyclic amines) is 1. The Balaban J connectivity index is 2.10. The number of nitrogens with zero attached hydrogens (tertiary/aromatic N) is 1. The first-order valence-corrected chi connectivity index (χ1v) is 10.5. The molecule has 1 aromatic carbocycles. The van der Waals surface area contributed by atoms with Crippen LogP contribution in [0.5, 0.6) is 0 Å². The van der Waals surface area contributed by atoms with Crippen molar-refractivity contribution in [1.29, 1.82) is 0 Å². The number of amides is 3. The third-order valence-corrected chi connectivity index (χ3v) is 4.89. The standard InChI is InChI=1S/C23H33N3O4/c1-15(2)14-17(20(28)25-23(3,4)5)24-21(29)19(27)18-12-9-13-26(18)22(30)16-10-7-6-8-11-16/h6-8,10-11,15,17-18H,9,12-14H2,1-5H3,(H,24,29)(H,25,28)/t17-,18+/m1/s1. The van der Waals surface area contributed by atoms with Crippen LogP contribution in [-0.2, 0) is 14.4 Å². The number of carbonyl (C=O) groups excluding carboxylic acids is 4. The lowest BCUT2D eigenvalue weighted by atomic mass is 10.0. The largest absolute Gasteiger partial charge is 0.350 e. The highest BCUT2D eigenvalue weighted by molar-refractivity contribution is 6.39. The average molecular weight is 416 g/mol. The number of benzene rings is 1. The Labute approximate surface area is 178 Å². The summed E-state index contributed by atoms with van der Waals surface area (Å²) in [7, 11) is 0.